The van der Waals surface area contributed by atoms with Gasteiger partial charge in [-0.15, -0.1) is 13.2 Å². The molecule has 0 atom stereocenters. The molecular weight excluding hydrogens is 241 g/mol. The van der Waals surface area contributed by atoms with Gasteiger partial charge in [0, 0.05) is 0 Å². The number of aromatic nitrogens is 1. The fourth-order valence-corrected chi connectivity index (χ4v) is 1.07. The molecule has 0 aromatic carbocycles. The molecule has 5 nitrogen and oxygen atoms in total. The third-order valence-electron chi connectivity index (χ3n) is 1.73. The van der Waals surface area contributed by atoms with Gasteiger partial charge < -0.3 is 14.6 Å². The van der Waals surface area contributed by atoms with Crippen LogP contribution in [0, 0.1) is 11.3 Å². The summed E-state index contributed by atoms with van der Waals surface area (Å²) in [6.07, 6.45) is -4.38. The Balaban J connectivity index is 3.23. The van der Waals surface area contributed by atoms with Crippen molar-refractivity contribution in [2.24, 2.45) is 0 Å². The molecule has 0 saturated heterocycles. The Morgan fingerprint density at radius 1 is 1.53 bits per heavy atom. The highest BCUT2D eigenvalue weighted by molar-refractivity contribution is 5.52. The van der Waals surface area contributed by atoms with Gasteiger partial charge in [0.05, 0.1) is 25.8 Å². The molecule has 0 bridgehead atoms. The van der Waals surface area contributed by atoms with E-state index in [1.165, 1.54) is 0 Å². The number of ether oxygens (including phenoxy) is 2. The van der Waals surface area contributed by atoms with E-state index in [2.05, 4.69) is 14.5 Å². The average Bonchev–Trinajstić information content (AvgIpc) is 2.23. The Bertz CT molecular complexity index is 454. The molecule has 17 heavy (non-hydrogen) atoms. The molecule has 1 N–H and O–H groups in total. The number of aromatic hydroxyl groups is 1. The van der Waals surface area contributed by atoms with E-state index in [9.17, 15) is 18.3 Å². The molecule has 0 aliphatic heterocycles. The maximum atomic E-state index is 12.1. The van der Waals surface area contributed by atoms with E-state index in [0.717, 1.165) is 13.3 Å². The minimum atomic E-state index is -4.98. The fraction of sp³-hybridized carbons (Fsp3) is 0.333. The summed E-state index contributed by atoms with van der Waals surface area (Å²) < 4.78 is 44.4. The predicted molar refractivity (Wildman–Crippen MR) is 48.5 cm³/mol. The molecule has 92 valence electrons. The number of nitrogens with zero attached hydrogens (tertiary/aromatic N) is 2. The molecule has 1 aromatic rings. The SMILES string of the molecule is COc1cnc(CC#N)c(O)c1OC(F)(F)F. The molecule has 1 rings (SSSR count). The second-order valence-corrected chi connectivity index (χ2v) is 2.83. The van der Waals surface area contributed by atoms with Gasteiger partial charge in [-0.25, -0.2) is 0 Å². The first-order chi connectivity index (χ1) is 7.89. The Morgan fingerprint density at radius 3 is 2.65 bits per heavy atom. The third-order valence-corrected chi connectivity index (χ3v) is 1.73. The molecule has 0 amide bonds. The summed E-state index contributed by atoms with van der Waals surface area (Å²) in [6, 6.07) is 1.65. The Labute approximate surface area is 94.0 Å². The highest BCUT2D eigenvalue weighted by Gasteiger charge is 2.34. The van der Waals surface area contributed by atoms with Gasteiger partial charge in [0.25, 0.3) is 0 Å². The van der Waals surface area contributed by atoms with Crippen LogP contribution in [0.3, 0.4) is 0 Å². The number of hydrogen-bond donors (Lipinski definition) is 1. The monoisotopic (exact) mass is 248 g/mol. The number of rotatable bonds is 3. The van der Waals surface area contributed by atoms with E-state index in [1.807, 2.05) is 0 Å². The van der Waals surface area contributed by atoms with Crippen molar-refractivity contribution in [2.75, 3.05) is 7.11 Å². The summed E-state index contributed by atoms with van der Waals surface area (Å²) in [4.78, 5) is 3.58. The van der Waals surface area contributed by atoms with Crippen molar-refractivity contribution in [3.8, 4) is 23.3 Å². The van der Waals surface area contributed by atoms with Crippen molar-refractivity contribution >= 4 is 0 Å². The summed E-state index contributed by atoms with van der Waals surface area (Å²) in [5.41, 5.74) is -0.215. The second-order valence-electron chi connectivity index (χ2n) is 2.83. The van der Waals surface area contributed by atoms with Gasteiger partial charge >= 0.3 is 6.36 Å². The molecular formula is C9H7F3N2O3. The van der Waals surface area contributed by atoms with Gasteiger partial charge in [0.15, 0.2) is 11.5 Å². The van der Waals surface area contributed by atoms with E-state index in [1.54, 1.807) is 6.07 Å². The average molecular weight is 248 g/mol. The minimum Gasteiger partial charge on any atom is -0.503 e. The van der Waals surface area contributed by atoms with Gasteiger partial charge in [-0.1, -0.05) is 0 Å². The lowest BCUT2D eigenvalue weighted by Gasteiger charge is -2.14. The summed E-state index contributed by atoms with van der Waals surface area (Å²) in [5.74, 6) is -2.13. The van der Waals surface area contributed by atoms with Gasteiger partial charge in [-0.05, 0) is 0 Å². The summed E-state index contributed by atoms with van der Waals surface area (Å²) >= 11 is 0. The van der Waals surface area contributed by atoms with E-state index in [0.29, 0.717) is 0 Å². The molecule has 0 aliphatic rings. The molecule has 8 heteroatoms. The number of methoxy groups -OCH3 is 1. The summed E-state index contributed by atoms with van der Waals surface area (Å²) in [7, 11) is 1.10. The van der Waals surface area contributed by atoms with E-state index in [4.69, 9.17) is 5.26 Å². The molecule has 0 fully saturated rings. The number of hydrogen-bond acceptors (Lipinski definition) is 5. The van der Waals surface area contributed by atoms with Crippen LogP contribution in [0.5, 0.6) is 17.2 Å². The van der Waals surface area contributed by atoms with Crippen LogP contribution in [-0.4, -0.2) is 23.6 Å². The standard InChI is InChI=1S/C9H7F3N2O3/c1-16-6-4-14-5(2-3-13)7(15)8(6)17-9(10,11)12/h4,15H,2H2,1H3. The summed E-state index contributed by atoms with van der Waals surface area (Å²) in [6.45, 7) is 0. The number of pyridine rings is 1. The molecule has 0 aliphatic carbocycles. The van der Waals surface area contributed by atoms with Gasteiger partial charge in [-0.2, -0.15) is 5.26 Å². The Hall–Kier alpha value is -2.17. The van der Waals surface area contributed by atoms with Crippen LogP contribution in [0.4, 0.5) is 13.2 Å². The van der Waals surface area contributed by atoms with Crippen molar-refractivity contribution in [1.29, 1.82) is 5.26 Å². The first-order valence-electron chi connectivity index (χ1n) is 4.26. The van der Waals surface area contributed by atoms with Crippen LogP contribution in [0.25, 0.3) is 0 Å². The minimum absolute atomic E-state index is 0.215. The van der Waals surface area contributed by atoms with Crippen LogP contribution < -0.4 is 9.47 Å². The van der Waals surface area contributed by atoms with Gasteiger partial charge in [-0.3, -0.25) is 4.98 Å². The first-order valence-corrected chi connectivity index (χ1v) is 4.26. The second kappa shape index (κ2) is 4.78. The molecule has 1 aromatic heterocycles. The smallest absolute Gasteiger partial charge is 0.503 e. The van der Waals surface area contributed by atoms with E-state index < -0.39 is 17.9 Å². The van der Waals surface area contributed by atoms with Crippen LogP contribution >= 0.6 is 0 Å². The highest BCUT2D eigenvalue weighted by atomic mass is 19.4. The quantitative estimate of drug-likeness (QED) is 0.882. The highest BCUT2D eigenvalue weighted by Crippen LogP contribution is 2.40. The maximum Gasteiger partial charge on any atom is 0.573 e. The molecule has 0 spiro atoms. The zero-order valence-electron chi connectivity index (χ0n) is 8.58. The Kier molecular flexibility index (Phi) is 3.62. The fourth-order valence-electron chi connectivity index (χ4n) is 1.07. The zero-order valence-corrected chi connectivity index (χ0v) is 8.58. The molecule has 0 radical (unpaired) electrons. The normalized spacial score (nSPS) is 10.8. The van der Waals surface area contributed by atoms with Crippen molar-refractivity contribution in [2.45, 2.75) is 12.8 Å². The van der Waals surface area contributed by atoms with Crippen molar-refractivity contribution in [3.05, 3.63) is 11.9 Å². The zero-order chi connectivity index (χ0) is 13.1. The predicted octanol–water partition coefficient (Wildman–Crippen LogP) is 1.76. The number of halogens is 3. The maximum absolute atomic E-state index is 12.1. The van der Waals surface area contributed by atoms with Crippen LogP contribution in [-0.2, 0) is 6.42 Å². The van der Waals surface area contributed by atoms with Crippen LogP contribution in [0.15, 0.2) is 6.20 Å². The van der Waals surface area contributed by atoms with Crippen LogP contribution in [0.2, 0.25) is 0 Å². The lowest BCUT2D eigenvalue weighted by atomic mass is 10.2. The number of nitriles is 1. The largest absolute Gasteiger partial charge is 0.573 e. The third kappa shape index (κ3) is 3.14. The number of alkyl halides is 3. The van der Waals surface area contributed by atoms with E-state index >= 15 is 0 Å². The van der Waals surface area contributed by atoms with Crippen molar-refractivity contribution in [1.82, 2.24) is 4.98 Å². The van der Waals surface area contributed by atoms with Crippen molar-refractivity contribution in [3.63, 3.8) is 0 Å². The summed E-state index contributed by atoms with van der Waals surface area (Å²) in [5, 5.41) is 17.9. The van der Waals surface area contributed by atoms with E-state index in [-0.39, 0.29) is 17.9 Å². The molecule has 0 unspecified atom stereocenters. The molecule has 1 heterocycles. The molecule has 0 saturated carbocycles. The van der Waals surface area contributed by atoms with Gasteiger partial charge in [0.2, 0.25) is 5.75 Å². The lowest BCUT2D eigenvalue weighted by molar-refractivity contribution is -0.275. The Morgan fingerprint density at radius 2 is 2.18 bits per heavy atom. The topological polar surface area (TPSA) is 75.4 Å². The van der Waals surface area contributed by atoms with Gasteiger partial charge in [0.1, 0.15) is 5.69 Å². The lowest BCUT2D eigenvalue weighted by Crippen LogP contribution is -2.18. The first kappa shape index (κ1) is 12.9. The van der Waals surface area contributed by atoms with Crippen molar-refractivity contribution < 1.29 is 27.8 Å². The van der Waals surface area contributed by atoms with Crippen LogP contribution in [0.1, 0.15) is 5.69 Å².